The summed E-state index contributed by atoms with van der Waals surface area (Å²) in [4.78, 5) is 22.7. The Morgan fingerprint density at radius 3 is 2.52 bits per heavy atom. The molecular formula is C19H17ClN2O3. The van der Waals surface area contributed by atoms with Gasteiger partial charge in [0.05, 0.1) is 10.5 Å². The van der Waals surface area contributed by atoms with Crippen molar-refractivity contribution in [3.05, 3.63) is 80.9 Å². The molecule has 6 heteroatoms. The van der Waals surface area contributed by atoms with Gasteiger partial charge in [-0.25, -0.2) is 0 Å². The maximum Gasteiger partial charge on any atom is 0.270 e. The van der Waals surface area contributed by atoms with E-state index in [2.05, 4.69) is 5.32 Å². The molecule has 25 heavy (non-hydrogen) atoms. The van der Waals surface area contributed by atoms with Crippen molar-refractivity contribution in [3.8, 4) is 0 Å². The summed E-state index contributed by atoms with van der Waals surface area (Å²) in [5.74, 6) is -0.221. The van der Waals surface area contributed by atoms with E-state index in [4.69, 9.17) is 11.6 Å². The van der Waals surface area contributed by atoms with E-state index < -0.39 is 4.92 Å². The molecule has 2 aromatic rings. The summed E-state index contributed by atoms with van der Waals surface area (Å²) in [5, 5.41) is 14.5. The lowest BCUT2D eigenvalue weighted by Gasteiger charge is -2.43. The zero-order chi connectivity index (χ0) is 17.9. The standard InChI is InChI=1S/C19H17ClN2O3/c20-16-8-6-15(7-9-16)19(11-2-12-19)21-18(23)10-5-14-3-1-4-17(13-14)22(24)25/h1,3-10,13H,2,11-12H2,(H,21,23)/b10-5+. The van der Waals surface area contributed by atoms with Crippen LogP contribution >= 0.6 is 11.6 Å². The molecule has 1 N–H and O–H groups in total. The summed E-state index contributed by atoms with van der Waals surface area (Å²) >= 11 is 5.93. The van der Waals surface area contributed by atoms with E-state index in [1.165, 1.54) is 18.2 Å². The Morgan fingerprint density at radius 2 is 1.92 bits per heavy atom. The zero-order valence-electron chi connectivity index (χ0n) is 13.4. The Kier molecular flexibility index (Phi) is 4.86. The molecule has 1 aliphatic rings. The van der Waals surface area contributed by atoms with Crippen molar-refractivity contribution in [2.75, 3.05) is 0 Å². The predicted molar refractivity (Wildman–Crippen MR) is 97.3 cm³/mol. The van der Waals surface area contributed by atoms with Crippen LogP contribution in [0.5, 0.6) is 0 Å². The van der Waals surface area contributed by atoms with Gasteiger partial charge in [0.15, 0.2) is 0 Å². The number of non-ortho nitro benzene ring substituents is 1. The molecule has 2 aromatic carbocycles. The van der Waals surface area contributed by atoms with Crippen molar-refractivity contribution in [2.24, 2.45) is 0 Å². The quantitative estimate of drug-likeness (QED) is 0.488. The number of amides is 1. The van der Waals surface area contributed by atoms with Gasteiger partial charge in [0.1, 0.15) is 0 Å². The average Bonchev–Trinajstić information content (AvgIpc) is 2.57. The first-order valence-electron chi connectivity index (χ1n) is 7.99. The largest absolute Gasteiger partial charge is 0.343 e. The van der Waals surface area contributed by atoms with Gasteiger partial charge in [-0.05, 0) is 48.6 Å². The van der Waals surface area contributed by atoms with Gasteiger partial charge in [0.25, 0.3) is 5.69 Å². The van der Waals surface area contributed by atoms with Crippen molar-refractivity contribution < 1.29 is 9.72 Å². The molecule has 1 saturated carbocycles. The first-order valence-corrected chi connectivity index (χ1v) is 8.37. The topological polar surface area (TPSA) is 72.2 Å². The van der Waals surface area contributed by atoms with E-state index in [1.54, 1.807) is 18.2 Å². The number of rotatable bonds is 5. The molecule has 0 bridgehead atoms. The van der Waals surface area contributed by atoms with Crippen LogP contribution in [0.3, 0.4) is 0 Å². The normalized spacial score (nSPS) is 15.6. The summed E-state index contributed by atoms with van der Waals surface area (Å²) in [6, 6.07) is 13.7. The number of hydrogen-bond acceptors (Lipinski definition) is 3. The van der Waals surface area contributed by atoms with Gasteiger partial charge < -0.3 is 5.32 Å². The van der Waals surface area contributed by atoms with Crippen LogP contribution in [0.2, 0.25) is 5.02 Å². The lowest BCUT2D eigenvalue weighted by atomic mass is 9.72. The number of halogens is 1. The fourth-order valence-corrected chi connectivity index (χ4v) is 3.10. The van der Waals surface area contributed by atoms with Gasteiger partial charge in [-0.15, -0.1) is 0 Å². The number of nitrogens with one attached hydrogen (secondary N) is 1. The highest BCUT2D eigenvalue weighted by atomic mass is 35.5. The summed E-state index contributed by atoms with van der Waals surface area (Å²) in [7, 11) is 0. The fourth-order valence-electron chi connectivity index (χ4n) is 2.98. The number of nitro benzene ring substituents is 1. The van der Waals surface area contributed by atoms with Crippen LogP contribution in [0.25, 0.3) is 6.08 Å². The van der Waals surface area contributed by atoms with Crippen molar-refractivity contribution in [1.82, 2.24) is 5.32 Å². The lowest BCUT2D eigenvalue weighted by molar-refractivity contribution is -0.384. The van der Waals surface area contributed by atoms with Gasteiger partial charge in [0.2, 0.25) is 5.91 Å². The van der Waals surface area contributed by atoms with Gasteiger partial charge in [-0.1, -0.05) is 35.9 Å². The number of benzene rings is 2. The second-order valence-electron chi connectivity index (χ2n) is 6.12. The Balaban J connectivity index is 1.72. The van der Waals surface area contributed by atoms with Crippen molar-refractivity contribution in [3.63, 3.8) is 0 Å². The van der Waals surface area contributed by atoms with E-state index >= 15 is 0 Å². The monoisotopic (exact) mass is 356 g/mol. The second kappa shape index (κ2) is 7.07. The third-order valence-electron chi connectivity index (χ3n) is 4.47. The smallest absolute Gasteiger partial charge is 0.270 e. The van der Waals surface area contributed by atoms with E-state index in [-0.39, 0.29) is 17.1 Å². The first kappa shape index (κ1) is 17.2. The molecule has 0 aromatic heterocycles. The minimum atomic E-state index is -0.457. The molecule has 0 atom stereocenters. The Morgan fingerprint density at radius 1 is 1.20 bits per heavy atom. The van der Waals surface area contributed by atoms with Crippen LogP contribution in [0.1, 0.15) is 30.4 Å². The molecular weight excluding hydrogens is 340 g/mol. The lowest BCUT2D eigenvalue weighted by Crippen LogP contribution is -2.50. The van der Waals surface area contributed by atoms with Gasteiger partial charge in [-0.3, -0.25) is 14.9 Å². The van der Waals surface area contributed by atoms with Crippen molar-refractivity contribution in [2.45, 2.75) is 24.8 Å². The highest BCUT2D eigenvalue weighted by molar-refractivity contribution is 6.30. The average molecular weight is 357 g/mol. The molecule has 0 unspecified atom stereocenters. The van der Waals surface area contributed by atoms with Crippen LogP contribution in [-0.2, 0) is 10.3 Å². The SMILES string of the molecule is O=C(/C=C/c1cccc([N+](=O)[O-])c1)NC1(c2ccc(Cl)cc2)CCC1. The minimum Gasteiger partial charge on any atom is -0.343 e. The van der Waals surface area contributed by atoms with Crippen molar-refractivity contribution in [1.29, 1.82) is 0 Å². The number of nitro groups is 1. The van der Waals surface area contributed by atoms with Crippen LogP contribution in [-0.4, -0.2) is 10.8 Å². The molecule has 1 amide bonds. The highest BCUT2D eigenvalue weighted by Crippen LogP contribution is 2.41. The van der Waals surface area contributed by atoms with Crippen LogP contribution in [0.15, 0.2) is 54.6 Å². The molecule has 1 aliphatic carbocycles. The summed E-state index contributed by atoms with van der Waals surface area (Å²) in [6.45, 7) is 0. The maximum atomic E-state index is 12.3. The first-order chi connectivity index (χ1) is 12.0. The van der Waals surface area contributed by atoms with Crippen LogP contribution in [0.4, 0.5) is 5.69 Å². The van der Waals surface area contributed by atoms with Gasteiger partial charge in [0, 0.05) is 23.2 Å². The van der Waals surface area contributed by atoms with Crippen LogP contribution in [0, 0.1) is 10.1 Å². The molecule has 1 fully saturated rings. The molecule has 3 rings (SSSR count). The molecule has 0 radical (unpaired) electrons. The third kappa shape index (κ3) is 3.88. The van der Waals surface area contributed by atoms with E-state index in [1.807, 2.05) is 24.3 Å². The van der Waals surface area contributed by atoms with E-state index in [9.17, 15) is 14.9 Å². The minimum absolute atomic E-state index is 0.000754. The second-order valence-corrected chi connectivity index (χ2v) is 6.55. The Labute approximate surface area is 150 Å². The third-order valence-corrected chi connectivity index (χ3v) is 4.73. The van der Waals surface area contributed by atoms with E-state index in [0.29, 0.717) is 10.6 Å². The van der Waals surface area contributed by atoms with Crippen molar-refractivity contribution >= 4 is 29.3 Å². The maximum absolute atomic E-state index is 12.3. The van der Waals surface area contributed by atoms with Crippen LogP contribution < -0.4 is 5.32 Å². The number of carbonyl (C=O) groups is 1. The summed E-state index contributed by atoms with van der Waals surface area (Å²) in [6.07, 6.45) is 5.80. The summed E-state index contributed by atoms with van der Waals surface area (Å²) < 4.78 is 0. The Hall–Kier alpha value is -2.66. The molecule has 0 saturated heterocycles. The van der Waals surface area contributed by atoms with E-state index in [0.717, 1.165) is 24.8 Å². The number of hydrogen-bond donors (Lipinski definition) is 1. The molecule has 0 aliphatic heterocycles. The highest BCUT2D eigenvalue weighted by Gasteiger charge is 2.39. The summed E-state index contributed by atoms with van der Waals surface area (Å²) in [5.41, 5.74) is 1.30. The molecule has 0 spiro atoms. The Bertz CT molecular complexity index is 827. The zero-order valence-corrected chi connectivity index (χ0v) is 14.2. The fraction of sp³-hybridized carbons (Fsp3) is 0.211. The van der Waals surface area contributed by atoms with Gasteiger partial charge in [-0.2, -0.15) is 0 Å². The molecule has 128 valence electrons. The number of nitrogens with zero attached hydrogens (tertiary/aromatic N) is 1. The predicted octanol–water partition coefficient (Wildman–Crippen LogP) is 4.46. The number of carbonyl (C=O) groups excluding carboxylic acids is 1. The molecule has 5 nitrogen and oxygen atoms in total. The molecule has 0 heterocycles. The van der Waals surface area contributed by atoms with Gasteiger partial charge >= 0.3 is 0 Å².